The minimum absolute atomic E-state index is 0.0373. The predicted molar refractivity (Wildman–Crippen MR) is 108 cm³/mol. The van der Waals surface area contributed by atoms with Crippen molar-refractivity contribution in [1.29, 1.82) is 0 Å². The number of aryl methyl sites for hydroxylation is 4. The number of carbonyl (C=O) groups excluding carboxylic acids is 2. The van der Waals surface area contributed by atoms with Gasteiger partial charge in [-0.25, -0.2) is 4.68 Å². The molecule has 0 bridgehead atoms. The standard InChI is InChI=1S/C21H23N5O2/c1-14-6-7-16(15(2)11-14)22-19(27)13-25-20-12-17(18-5-4-9-24(18)3)23-26(20)10-8-21(25)28/h4-7,9,11-12H,8,10,13H2,1-3H3,(H,22,27). The Bertz CT molecular complexity index is 1060. The number of benzene rings is 1. The zero-order valence-electron chi connectivity index (χ0n) is 16.3. The molecule has 3 heterocycles. The van der Waals surface area contributed by atoms with Crippen LogP contribution < -0.4 is 10.2 Å². The molecule has 1 aliphatic heterocycles. The number of carbonyl (C=O) groups is 2. The summed E-state index contributed by atoms with van der Waals surface area (Å²) in [6.45, 7) is 4.45. The third kappa shape index (κ3) is 3.31. The second-order valence-electron chi connectivity index (χ2n) is 7.21. The van der Waals surface area contributed by atoms with Gasteiger partial charge in [0.1, 0.15) is 18.1 Å². The van der Waals surface area contributed by atoms with Crippen LogP contribution in [0.1, 0.15) is 17.5 Å². The number of hydrogen-bond donors (Lipinski definition) is 1. The van der Waals surface area contributed by atoms with Gasteiger partial charge in [0.05, 0.1) is 12.2 Å². The van der Waals surface area contributed by atoms with Gasteiger partial charge in [0, 0.05) is 31.4 Å². The molecule has 0 spiro atoms. The van der Waals surface area contributed by atoms with Gasteiger partial charge in [0.2, 0.25) is 11.8 Å². The Morgan fingerprint density at radius 1 is 1.21 bits per heavy atom. The fraction of sp³-hybridized carbons (Fsp3) is 0.286. The van der Waals surface area contributed by atoms with E-state index < -0.39 is 0 Å². The highest BCUT2D eigenvalue weighted by molar-refractivity contribution is 6.03. The minimum Gasteiger partial charge on any atom is -0.349 e. The van der Waals surface area contributed by atoms with Gasteiger partial charge >= 0.3 is 0 Å². The van der Waals surface area contributed by atoms with Crippen LogP contribution in [0.5, 0.6) is 0 Å². The molecular formula is C21H23N5O2. The monoisotopic (exact) mass is 377 g/mol. The first-order valence-corrected chi connectivity index (χ1v) is 9.29. The lowest BCUT2D eigenvalue weighted by Crippen LogP contribution is -2.42. The molecule has 0 radical (unpaired) electrons. The molecule has 1 N–H and O–H groups in total. The summed E-state index contributed by atoms with van der Waals surface area (Å²) in [5.41, 5.74) is 4.65. The van der Waals surface area contributed by atoms with Crippen LogP contribution in [-0.2, 0) is 23.2 Å². The molecule has 0 atom stereocenters. The predicted octanol–water partition coefficient (Wildman–Crippen LogP) is 2.88. The van der Waals surface area contributed by atoms with E-state index in [-0.39, 0.29) is 18.4 Å². The van der Waals surface area contributed by atoms with E-state index in [1.54, 1.807) is 4.68 Å². The summed E-state index contributed by atoms with van der Waals surface area (Å²) >= 11 is 0. The maximum Gasteiger partial charge on any atom is 0.244 e. The van der Waals surface area contributed by atoms with Gasteiger partial charge in [-0.1, -0.05) is 17.7 Å². The van der Waals surface area contributed by atoms with Gasteiger partial charge in [0.25, 0.3) is 0 Å². The fourth-order valence-electron chi connectivity index (χ4n) is 3.56. The number of fused-ring (bicyclic) bond motifs is 1. The smallest absolute Gasteiger partial charge is 0.244 e. The molecular weight excluding hydrogens is 354 g/mol. The van der Waals surface area contributed by atoms with Crippen molar-refractivity contribution in [3.05, 3.63) is 53.7 Å². The first kappa shape index (κ1) is 18.0. The van der Waals surface area contributed by atoms with E-state index in [9.17, 15) is 9.59 Å². The zero-order chi connectivity index (χ0) is 19.8. The van der Waals surface area contributed by atoms with E-state index in [2.05, 4.69) is 10.4 Å². The van der Waals surface area contributed by atoms with Gasteiger partial charge in [-0.3, -0.25) is 14.5 Å². The fourth-order valence-corrected chi connectivity index (χ4v) is 3.56. The zero-order valence-corrected chi connectivity index (χ0v) is 16.3. The molecule has 28 heavy (non-hydrogen) atoms. The highest BCUT2D eigenvalue weighted by Gasteiger charge is 2.28. The van der Waals surface area contributed by atoms with Crippen LogP contribution in [0.15, 0.2) is 42.6 Å². The molecule has 7 heteroatoms. The Labute approximate surface area is 163 Å². The number of hydrogen-bond acceptors (Lipinski definition) is 3. The third-order valence-corrected chi connectivity index (χ3v) is 5.04. The lowest BCUT2D eigenvalue weighted by molar-refractivity contribution is -0.122. The molecule has 0 aliphatic carbocycles. The van der Waals surface area contributed by atoms with Crippen molar-refractivity contribution in [2.45, 2.75) is 26.8 Å². The van der Waals surface area contributed by atoms with Gasteiger partial charge in [0.15, 0.2) is 0 Å². The summed E-state index contributed by atoms with van der Waals surface area (Å²) in [4.78, 5) is 26.7. The van der Waals surface area contributed by atoms with Crippen LogP contribution >= 0.6 is 0 Å². The highest BCUT2D eigenvalue weighted by atomic mass is 16.2. The van der Waals surface area contributed by atoms with E-state index in [1.807, 2.05) is 68.1 Å². The summed E-state index contributed by atoms with van der Waals surface area (Å²) in [6.07, 6.45) is 2.28. The number of anilines is 2. The molecule has 1 aromatic carbocycles. The summed E-state index contributed by atoms with van der Waals surface area (Å²) < 4.78 is 3.78. The quantitative estimate of drug-likeness (QED) is 0.760. The Morgan fingerprint density at radius 3 is 2.75 bits per heavy atom. The molecule has 2 aromatic heterocycles. The molecule has 2 amide bonds. The second kappa shape index (κ2) is 6.99. The van der Waals surface area contributed by atoms with Crippen LogP contribution in [0.25, 0.3) is 11.4 Å². The number of rotatable bonds is 4. The average Bonchev–Trinajstić information content (AvgIpc) is 3.26. The minimum atomic E-state index is -0.227. The normalized spacial score (nSPS) is 13.5. The van der Waals surface area contributed by atoms with Gasteiger partial charge in [-0.2, -0.15) is 5.10 Å². The van der Waals surface area contributed by atoms with Crippen molar-refractivity contribution in [1.82, 2.24) is 14.3 Å². The number of aromatic nitrogens is 3. The molecule has 4 rings (SSSR count). The summed E-state index contributed by atoms with van der Waals surface area (Å²) in [5.74, 6) is 0.361. The molecule has 7 nitrogen and oxygen atoms in total. The van der Waals surface area contributed by atoms with Gasteiger partial charge < -0.3 is 9.88 Å². The molecule has 0 fully saturated rings. The van der Waals surface area contributed by atoms with Crippen molar-refractivity contribution in [3.8, 4) is 11.4 Å². The Morgan fingerprint density at radius 2 is 2.04 bits per heavy atom. The van der Waals surface area contributed by atoms with Crippen LogP contribution in [0.4, 0.5) is 11.5 Å². The maximum absolute atomic E-state index is 12.6. The van der Waals surface area contributed by atoms with Crippen molar-refractivity contribution in [2.75, 3.05) is 16.8 Å². The van der Waals surface area contributed by atoms with Gasteiger partial charge in [-0.15, -0.1) is 0 Å². The highest BCUT2D eigenvalue weighted by Crippen LogP contribution is 2.28. The number of amides is 2. The second-order valence-corrected chi connectivity index (χ2v) is 7.21. The SMILES string of the molecule is Cc1ccc(NC(=O)CN2C(=O)CCn3nc(-c4cccn4C)cc32)c(C)c1. The van der Waals surface area contributed by atoms with Crippen LogP contribution in [0.2, 0.25) is 0 Å². The van der Waals surface area contributed by atoms with Crippen molar-refractivity contribution < 1.29 is 9.59 Å². The van der Waals surface area contributed by atoms with E-state index >= 15 is 0 Å². The molecule has 3 aromatic rings. The first-order valence-electron chi connectivity index (χ1n) is 9.29. The maximum atomic E-state index is 12.6. The Balaban J connectivity index is 1.57. The lowest BCUT2D eigenvalue weighted by atomic mass is 10.1. The Kier molecular flexibility index (Phi) is 4.50. The average molecular weight is 377 g/mol. The number of nitrogens with zero attached hydrogens (tertiary/aromatic N) is 4. The van der Waals surface area contributed by atoms with Gasteiger partial charge in [-0.05, 0) is 37.6 Å². The summed E-state index contributed by atoms with van der Waals surface area (Å²) in [7, 11) is 1.95. The molecule has 1 aliphatic rings. The lowest BCUT2D eigenvalue weighted by Gasteiger charge is -2.27. The third-order valence-electron chi connectivity index (χ3n) is 5.04. The van der Waals surface area contributed by atoms with Crippen molar-refractivity contribution in [3.63, 3.8) is 0 Å². The molecule has 144 valence electrons. The topological polar surface area (TPSA) is 72.2 Å². The summed E-state index contributed by atoms with van der Waals surface area (Å²) in [5, 5.41) is 7.54. The van der Waals surface area contributed by atoms with E-state index in [0.717, 1.165) is 28.2 Å². The van der Waals surface area contributed by atoms with Crippen LogP contribution in [0, 0.1) is 13.8 Å². The molecule has 0 saturated heterocycles. The van der Waals surface area contributed by atoms with Crippen molar-refractivity contribution in [2.24, 2.45) is 7.05 Å². The molecule has 0 saturated carbocycles. The molecule has 0 unspecified atom stereocenters. The van der Waals surface area contributed by atoms with E-state index in [1.165, 1.54) is 4.90 Å². The van der Waals surface area contributed by atoms with Crippen LogP contribution in [0.3, 0.4) is 0 Å². The van der Waals surface area contributed by atoms with E-state index in [0.29, 0.717) is 18.8 Å². The van der Waals surface area contributed by atoms with Crippen molar-refractivity contribution >= 4 is 23.3 Å². The van der Waals surface area contributed by atoms with Crippen LogP contribution in [-0.4, -0.2) is 32.7 Å². The largest absolute Gasteiger partial charge is 0.349 e. The van der Waals surface area contributed by atoms with E-state index in [4.69, 9.17) is 0 Å². The summed E-state index contributed by atoms with van der Waals surface area (Å²) in [6, 6.07) is 11.7. The Hall–Kier alpha value is -3.35. The number of nitrogens with one attached hydrogen (secondary N) is 1. The first-order chi connectivity index (χ1) is 13.4.